The first-order valence-electron chi connectivity index (χ1n) is 3.83. The second-order valence-corrected chi connectivity index (χ2v) is 7.40. The van der Waals surface area contributed by atoms with Gasteiger partial charge in [0.2, 0.25) is 0 Å². The van der Waals surface area contributed by atoms with Crippen LogP contribution in [-0.4, -0.2) is 42.8 Å². The average molecular weight is 339 g/mol. The second-order valence-electron chi connectivity index (χ2n) is 2.82. The van der Waals surface area contributed by atoms with Crippen molar-refractivity contribution in [3.8, 4) is 0 Å². The van der Waals surface area contributed by atoms with Gasteiger partial charge in [-0.3, -0.25) is 0 Å². The Hall–Kier alpha value is -1.05. The minimum atomic E-state index is -5.50. The Morgan fingerprint density at radius 3 is 2.25 bits per heavy atom. The van der Waals surface area contributed by atoms with Gasteiger partial charge in [-0.05, 0) is 0 Å². The zero-order valence-electron chi connectivity index (χ0n) is 7.64. The first-order chi connectivity index (χ1) is 7.23. The first kappa shape index (κ1) is 13.0. The second kappa shape index (κ2) is 4.44. The molecule has 4 N–H and O–H groups in total. The summed E-state index contributed by atoms with van der Waals surface area (Å²) < 4.78 is 28.2. The molecule has 0 heterocycles. The first-order valence-corrected chi connectivity index (χ1v) is 8.43. The predicted octanol–water partition coefficient (Wildman–Crippen LogP) is -2.80. The molecule has 0 aromatic heterocycles. The van der Waals surface area contributed by atoms with Gasteiger partial charge in [0.25, 0.3) is 0 Å². The summed E-state index contributed by atoms with van der Waals surface area (Å²) in [6.45, 7) is 0. The van der Waals surface area contributed by atoms with Gasteiger partial charge in [-0.25, -0.2) is 0 Å². The Morgan fingerprint density at radius 1 is 1.31 bits per heavy atom. The van der Waals surface area contributed by atoms with E-state index >= 15 is 0 Å². The number of anilines is 1. The molecule has 0 saturated heterocycles. The number of carboxylic acid groups (broad SMARTS) is 1. The van der Waals surface area contributed by atoms with E-state index in [1.165, 1.54) is 0 Å². The van der Waals surface area contributed by atoms with Gasteiger partial charge in [0.15, 0.2) is 0 Å². The number of hydrogen-bond acceptors (Lipinski definition) is 6. The van der Waals surface area contributed by atoms with E-state index < -0.39 is 45.6 Å². The summed E-state index contributed by atoms with van der Waals surface area (Å²) in [7, 11) is 0. The molecule has 0 bridgehead atoms. The van der Waals surface area contributed by atoms with Crippen LogP contribution < -0.4 is 13.8 Å². The Bertz CT molecular complexity index is 466. The Kier molecular flexibility index (Phi) is 3.61. The molecule has 0 fully saturated rings. The van der Waals surface area contributed by atoms with Gasteiger partial charge in [0.05, 0.1) is 0 Å². The van der Waals surface area contributed by atoms with Crippen molar-refractivity contribution in [3.63, 3.8) is 0 Å². The van der Waals surface area contributed by atoms with Crippen molar-refractivity contribution < 1.29 is 30.1 Å². The van der Waals surface area contributed by atoms with Gasteiger partial charge in [-0.15, -0.1) is 0 Å². The molecule has 88 valence electrons. The summed E-state index contributed by atoms with van der Waals surface area (Å²) in [6, 6.07) is 2.41. The third kappa shape index (κ3) is 2.75. The van der Waals surface area contributed by atoms with E-state index in [1.54, 1.807) is 0 Å². The molecule has 1 aromatic carbocycles. The van der Waals surface area contributed by atoms with Crippen LogP contribution >= 0.6 is 0 Å². The summed E-state index contributed by atoms with van der Waals surface area (Å²) in [5, 5.41) is 27.4. The van der Waals surface area contributed by atoms with E-state index in [0.29, 0.717) is 6.07 Å². The Balaban J connectivity index is 3.40. The number of carboxylic acids is 1. The molecule has 0 spiro atoms. The van der Waals surface area contributed by atoms with E-state index in [4.69, 9.17) is 17.2 Å². The van der Waals surface area contributed by atoms with Crippen molar-refractivity contribution in [2.75, 3.05) is 5.23 Å². The number of rotatable bonds is 3. The number of hydrogen-bond donors (Lipinski definition) is 4. The van der Waals surface area contributed by atoms with E-state index in [9.17, 15) is 12.9 Å². The number of nitrogens with zero attached hydrogens (tertiary/aromatic N) is 1. The molecular formula is C7H7NO7Sb-. The van der Waals surface area contributed by atoms with Gasteiger partial charge in [0, 0.05) is 0 Å². The van der Waals surface area contributed by atoms with Gasteiger partial charge in [-0.1, -0.05) is 0 Å². The van der Waals surface area contributed by atoms with Crippen molar-refractivity contribution in [2.45, 2.75) is 0 Å². The van der Waals surface area contributed by atoms with Crippen molar-refractivity contribution in [2.24, 2.45) is 0 Å². The van der Waals surface area contributed by atoms with Crippen LogP contribution in [-0.2, 0) is 3.02 Å². The molecule has 1 rings (SSSR count). The normalized spacial score (nSPS) is 11.2. The third-order valence-corrected chi connectivity index (χ3v) is 4.47. The molecule has 9 heteroatoms. The van der Waals surface area contributed by atoms with Crippen LogP contribution in [0.5, 0.6) is 0 Å². The standard InChI is InChI=1S/C7H6NO4.2H2O.O.Sb/c9-7(10)5-3-1-2-4-6(5)8(11)12;;;;/h1,3-4,11-12H,(H,9,10);2*1H2;;/q;;;;+2/p-3. The van der Waals surface area contributed by atoms with Crippen molar-refractivity contribution in [3.05, 3.63) is 23.8 Å². The fraction of sp³-hybridized carbons (Fsp3) is 0. The molecule has 8 nitrogen and oxygen atoms in total. The molecule has 0 aliphatic carbocycles. The monoisotopic (exact) mass is 338 g/mol. The van der Waals surface area contributed by atoms with Crippen LogP contribution in [0.15, 0.2) is 18.2 Å². The molecule has 0 amide bonds. The number of carbonyl (C=O) groups excluding carboxylic acids is 1. The molecule has 0 radical (unpaired) electrons. The van der Waals surface area contributed by atoms with Crippen LogP contribution in [0.4, 0.5) is 5.69 Å². The van der Waals surface area contributed by atoms with Gasteiger partial charge in [0.1, 0.15) is 0 Å². The number of benzene rings is 1. The van der Waals surface area contributed by atoms with Gasteiger partial charge >= 0.3 is 93.9 Å². The van der Waals surface area contributed by atoms with E-state index in [2.05, 4.69) is 0 Å². The van der Waals surface area contributed by atoms with E-state index in [1.807, 2.05) is 0 Å². The van der Waals surface area contributed by atoms with Crippen LogP contribution in [0, 0.1) is 0 Å². The molecule has 0 aliphatic rings. The maximum absolute atomic E-state index is 10.9. The zero-order chi connectivity index (χ0) is 12.5. The quantitative estimate of drug-likeness (QED) is 0.342. The van der Waals surface area contributed by atoms with Crippen molar-refractivity contribution >= 4 is 34.8 Å². The number of carbonyl (C=O) groups is 1. The number of aromatic carboxylic acids is 1. The SMILES string of the molecule is O=C([O-])c1cc[c]([Sb](=[O])([OH])[OH])cc1N(O)O. The van der Waals surface area contributed by atoms with Crippen molar-refractivity contribution in [1.29, 1.82) is 0 Å². The molecule has 16 heavy (non-hydrogen) atoms. The fourth-order valence-electron chi connectivity index (χ4n) is 1.04. The third-order valence-electron chi connectivity index (χ3n) is 1.75. The van der Waals surface area contributed by atoms with Crippen LogP contribution in [0.2, 0.25) is 0 Å². The molecular weight excluding hydrogens is 332 g/mol. The van der Waals surface area contributed by atoms with Crippen LogP contribution in [0.3, 0.4) is 0 Å². The minimum absolute atomic E-state index is 0.452. The summed E-state index contributed by atoms with van der Waals surface area (Å²) in [5.41, 5.74) is -1.27. The summed E-state index contributed by atoms with van der Waals surface area (Å²) in [4.78, 5) is 10.5. The summed E-state index contributed by atoms with van der Waals surface area (Å²) in [5.74, 6) is -1.70. The molecule has 1 aromatic rings. The van der Waals surface area contributed by atoms with Crippen LogP contribution in [0.25, 0.3) is 0 Å². The van der Waals surface area contributed by atoms with Gasteiger partial charge < -0.3 is 0 Å². The van der Waals surface area contributed by atoms with E-state index in [0.717, 1.165) is 12.1 Å². The maximum atomic E-state index is 10.9. The molecule has 0 saturated carbocycles. The van der Waals surface area contributed by atoms with Gasteiger partial charge in [-0.2, -0.15) is 0 Å². The Labute approximate surface area is 94.0 Å². The average Bonchev–Trinajstić information content (AvgIpc) is 2.15. The van der Waals surface area contributed by atoms with E-state index in [-0.39, 0.29) is 0 Å². The Morgan fingerprint density at radius 2 is 1.88 bits per heavy atom. The summed E-state index contributed by atoms with van der Waals surface area (Å²) in [6.07, 6.45) is 0. The van der Waals surface area contributed by atoms with Crippen molar-refractivity contribution in [1.82, 2.24) is 0 Å². The topological polar surface area (TPSA) is 141 Å². The predicted molar refractivity (Wildman–Crippen MR) is 47.3 cm³/mol. The van der Waals surface area contributed by atoms with Crippen LogP contribution in [0.1, 0.15) is 10.4 Å². The fourth-order valence-corrected chi connectivity index (χ4v) is 2.64. The molecule has 0 unspecified atom stereocenters. The summed E-state index contributed by atoms with van der Waals surface area (Å²) >= 11 is -5.50. The zero-order valence-corrected chi connectivity index (χ0v) is 10.2. The molecule has 0 aliphatic heterocycles. The molecule has 0 atom stereocenters.